The molecule has 0 aliphatic carbocycles. The van der Waals surface area contributed by atoms with Crippen LogP contribution in [0.5, 0.6) is 0 Å². The molecule has 0 unspecified atom stereocenters. The lowest BCUT2D eigenvalue weighted by Gasteiger charge is -2.18. The minimum Gasteiger partial charge on any atom is -0.462 e. The highest BCUT2D eigenvalue weighted by atomic mass is 16.6. The zero-order valence-corrected chi connectivity index (χ0v) is 43.8. The Labute approximate surface area is 404 Å². The van der Waals surface area contributed by atoms with Crippen molar-refractivity contribution in [2.45, 2.75) is 322 Å². The Kier molecular flexibility index (Phi) is 52.7. The maximum absolute atomic E-state index is 12.8. The summed E-state index contributed by atoms with van der Waals surface area (Å²) in [6.07, 6.45) is 63.1. The number of hydrogen-bond donors (Lipinski definition) is 0. The summed E-state index contributed by atoms with van der Waals surface area (Å²) in [7, 11) is 0. The van der Waals surface area contributed by atoms with Crippen molar-refractivity contribution in [3.05, 3.63) is 24.3 Å². The van der Waals surface area contributed by atoms with Crippen molar-refractivity contribution in [2.75, 3.05) is 13.2 Å². The van der Waals surface area contributed by atoms with Crippen LogP contribution in [0, 0.1) is 0 Å². The van der Waals surface area contributed by atoms with Gasteiger partial charge in [0.2, 0.25) is 0 Å². The summed E-state index contributed by atoms with van der Waals surface area (Å²) in [6, 6.07) is 0. The quantitative estimate of drug-likeness (QED) is 0.0262. The van der Waals surface area contributed by atoms with E-state index in [1.165, 1.54) is 212 Å². The molecule has 0 saturated heterocycles. The topological polar surface area (TPSA) is 78.9 Å². The average molecular weight is 916 g/mol. The van der Waals surface area contributed by atoms with Gasteiger partial charge in [0.05, 0.1) is 0 Å². The summed E-state index contributed by atoms with van der Waals surface area (Å²) in [6.45, 7) is 6.66. The number of rotatable bonds is 53. The molecule has 0 radical (unpaired) electrons. The largest absolute Gasteiger partial charge is 0.462 e. The van der Waals surface area contributed by atoms with Crippen LogP contribution >= 0.6 is 0 Å². The first kappa shape index (κ1) is 62.9. The van der Waals surface area contributed by atoms with Gasteiger partial charge in [0.25, 0.3) is 0 Å². The number of allylic oxidation sites excluding steroid dienone is 4. The van der Waals surface area contributed by atoms with Crippen LogP contribution in [0.2, 0.25) is 0 Å². The molecular formula is C59H110O6. The van der Waals surface area contributed by atoms with E-state index in [9.17, 15) is 14.4 Å². The lowest BCUT2D eigenvalue weighted by atomic mass is 10.0. The molecule has 0 fully saturated rings. The highest BCUT2D eigenvalue weighted by Gasteiger charge is 2.19. The Bertz CT molecular complexity index is 1050. The second-order valence-corrected chi connectivity index (χ2v) is 19.6. The molecule has 0 N–H and O–H groups in total. The standard InChI is InChI=1S/C59H110O6/c1-4-7-10-13-16-19-22-25-28-29-30-31-32-35-37-40-43-46-49-52-58(61)64-55-56(65-59(62)53-50-47-44-41-38-34-27-24-21-18-15-12-9-6-3)54-63-57(60)51-48-45-42-39-36-33-26-23-20-17-14-11-8-5-2/h24-25,27-28,56H,4-23,26,29-55H2,1-3H3/b27-24+,28-25+/t56-/m1/s1. The molecule has 0 aromatic heterocycles. The molecule has 65 heavy (non-hydrogen) atoms. The number of esters is 3. The Morgan fingerprint density at radius 3 is 0.769 bits per heavy atom. The molecule has 1 atom stereocenters. The minimum atomic E-state index is -0.772. The van der Waals surface area contributed by atoms with Crippen LogP contribution in [-0.4, -0.2) is 37.2 Å². The van der Waals surface area contributed by atoms with E-state index in [4.69, 9.17) is 14.2 Å². The second-order valence-electron chi connectivity index (χ2n) is 19.6. The van der Waals surface area contributed by atoms with Gasteiger partial charge in [0.1, 0.15) is 13.2 Å². The maximum atomic E-state index is 12.8. The van der Waals surface area contributed by atoms with Crippen LogP contribution in [-0.2, 0) is 28.6 Å². The number of carbonyl (C=O) groups excluding carboxylic acids is 3. The van der Waals surface area contributed by atoms with E-state index in [-0.39, 0.29) is 31.1 Å². The van der Waals surface area contributed by atoms with Crippen molar-refractivity contribution < 1.29 is 28.6 Å². The summed E-state index contributed by atoms with van der Waals surface area (Å²) in [5.74, 6) is -0.862. The molecule has 0 spiro atoms. The van der Waals surface area contributed by atoms with Crippen molar-refractivity contribution in [3.63, 3.8) is 0 Å². The second kappa shape index (κ2) is 54.5. The average Bonchev–Trinajstić information content (AvgIpc) is 3.30. The van der Waals surface area contributed by atoms with E-state index in [0.717, 1.165) is 64.2 Å². The molecule has 382 valence electrons. The van der Waals surface area contributed by atoms with Crippen LogP contribution in [0.25, 0.3) is 0 Å². The maximum Gasteiger partial charge on any atom is 0.306 e. The Morgan fingerprint density at radius 2 is 0.508 bits per heavy atom. The predicted octanol–water partition coefficient (Wildman–Crippen LogP) is 19.1. The van der Waals surface area contributed by atoms with Crippen LogP contribution in [0.3, 0.4) is 0 Å². The van der Waals surface area contributed by atoms with Gasteiger partial charge >= 0.3 is 17.9 Å². The smallest absolute Gasteiger partial charge is 0.306 e. The van der Waals surface area contributed by atoms with Gasteiger partial charge in [-0.2, -0.15) is 0 Å². The van der Waals surface area contributed by atoms with Crippen molar-refractivity contribution in [2.24, 2.45) is 0 Å². The molecule has 6 nitrogen and oxygen atoms in total. The van der Waals surface area contributed by atoms with Gasteiger partial charge < -0.3 is 14.2 Å². The van der Waals surface area contributed by atoms with E-state index < -0.39 is 6.10 Å². The minimum absolute atomic E-state index is 0.0708. The van der Waals surface area contributed by atoms with Crippen molar-refractivity contribution in [1.29, 1.82) is 0 Å². The molecule has 0 saturated carbocycles. The highest BCUT2D eigenvalue weighted by molar-refractivity contribution is 5.71. The summed E-state index contributed by atoms with van der Waals surface area (Å²) >= 11 is 0. The van der Waals surface area contributed by atoms with Gasteiger partial charge in [-0.25, -0.2) is 0 Å². The predicted molar refractivity (Wildman–Crippen MR) is 279 cm³/mol. The first-order valence-electron chi connectivity index (χ1n) is 28.8. The summed E-state index contributed by atoms with van der Waals surface area (Å²) in [5.41, 5.74) is 0. The number of ether oxygens (including phenoxy) is 3. The molecular weight excluding hydrogens is 805 g/mol. The monoisotopic (exact) mass is 915 g/mol. The first-order chi connectivity index (χ1) is 32.0. The highest BCUT2D eigenvalue weighted by Crippen LogP contribution is 2.16. The van der Waals surface area contributed by atoms with E-state index in [2.05, 4.69) is 45.1 Å². The van der Waals surface area contributed by atoms with E-state index in [0.29, 0.717) is 19.3 Å². The van der Waals surface area contributed by atoms with Crippen molar-refractivity contribution in [1.82, 2.24) is 0 Å². The number of carbonyl (C=O) groups is 3. The number of unbranched alkanes of at least 4 members (excludes halogenated alkanes) is 38. The summed E-state index contributed by atoms with van der Waals surface area (Å²) in [5, 5.41) is 0. The van der Waals surface area contributed by atoms with Crippen LogP contribution in [0.4, 0.5) is 0 Å². The molecule has 0 aliphatic rings. The normalized spacial score (nSPS) is 12.1. The fourth-order valence-corrected chi connectivity index (χ4v) is 8.55. The SMILES string of the molecule is CCCCCCC/C=C/CCCCCCCC(=O)O[C@@H](COC(=O)CCCCCCCCCCC/C=C/CCCCCCCC)COC(=O)CCCCCCCCCCCCCCCC. The van der Waals surface area contributed by atoms with Crippen LogP contribution in [0.1, 0.15) is 316 Å². The van der Waals surface area contributed by atoms with E-state index >= 15 is 0 Å². The first-order valence-corrected chi connectivity index (χ1v) is 28.8. The van der Waals surface area contributed by atoms with E-state index in [1.807, 2.05) is 0 Å². The van der Waals surface area contributed by atoms with Crippen LogP contribution in [0.15, 0.2) is 24.3 Å². The van der Waals surface area contributed by atoms with Gasteiger partial charge in [-0.15, -0.1) is 0 Å². The Balaban J connectivity index is 4.31. The lowest BCUT2D eigenvalue weighted by molar-refractivity contribution is -0.167. The van der Waals surface area contributed by atoms with Crippen LogP contribution < -0.4 is 0 Å². The molecule has 6 heteroatoms. The molecule has 0 aromatic rings. The molecule has 0 amide bonds. The number of hydrogen-bond acceptors (Lipinski definition) is 6. The van der Waals surface area contributed by atoms with E-state index in [1.54, 1.807) is 0 Å². The molecule has 0 heterocycles. The van der Waals surface area contributed by atoms with Crippen molar-refractivity contribution in [3.8, 4) is 0 Å². The Hall–Kier alpha value is -2.11. The molecule has 0 bridgehead atoms. The van der Waals surface area contributed by atoms with Gasteiger partial charge in [0.15, 0.2) is 6.10 Å². The fourth-order valence-electron chi connectivity index (χ4n) is 8.55. The molecule has 0 aromatic carbocycles. The lowest BCUT2D eigenvalue weighted by Crippen LogP contribution is -2.30. The van der Waals surface area contributed by atoms with Crippen molar-refractivity contribution >= 4 is 17.9 Å². The third-order valence-electron chi connectivity index (χ3n) is 12.9. The van der Waals surface area contributed by atoms with Gasteiger partial charge in [-0.3, -0.25) is 14.4 Å². The third kappa shape index (κ3) is 52.7. The van der Waals surface area contributed by atoms with Gasteiger partial charge in [-0.1, -0.05) is 251 Å². The summed E-state index contributed by atoms with van der Waals surface area (Å²) < 4.78 is 16.9. The van der Waals surface area contributed by atoms with Gasteiger partial charge in [0, 0.05) is 19.3 Å². The zero-order valence-electron chi connectivity index (χ0n) is 43.8. The Morgan fingerprint density at radius 1 is 0.292 bits per heavy atom. The fraction of sp³-hybridized carbons (Fsp3) is 0.881. The zero-order chi connectivity index (χ0) is 47.2. The van der Waals surface area contributed by atoms with Gasteiger partial charge in [-0.05, 0) is 70.6 Å². The third-order valence-corrected chi connectivity index (χ3v) is 12.9. The molecule has 0 rings (SSSR count). The molecule has 0 aliphatic heterocycles. The summed E-state index contributed by atoms with van der Waals surface area (Å²) in [4.78, 5) is 38.1.